The van der Waals surface area contributed by atoms with E-state index in [2.05, 4.69) is 0 Å². The van der Waals surface area contributed by atoms with Gasteiger partial charge in [-0.3, -0.25) is 14.4 Å². The maximum Gasteiger partial charge on any atom is 0.265 e. The van der Waals surface area contributed by atoms with Crippen LogP contribution in [-0.4, -0.2) is 35.8 Å². The standard InChI is InChI=1S/C21H18N2O5S/c1-27-15-8-6-14(7-9-15)23-19(24)12-17(20(23)25)22(13-16-4-2-10-28-16)21(26)18-5-3-11-29-18/h2-11,17H,12-13H2,1H3. The molecule has 8 heteroatoms. The van der Waals surface area contributed by atoms with E-state index in [1.54, 1.807) is 61.0 Å². The molecule has 1 saturated heterocycles. The number of amides is 3. The largest absolute Gasteiger partial charge is 0.497 e. The number of hydrogen-bond acceptors (Lipinski definition) is 6. The number of methoxy groups -OCH3 is 1. The molecule has 1 fully saturated rings. The number of anilines is 1. The van der Waals surface area contributed by atoms with E-state index >= 15 is 0 Å². The first-order valence-electron chi connectivity index (χ1n) is 8.96. The number of rotatable bonds is 6. The topological polar surface area (TPSA) is 80.1 Å². The number of imide groups is 1. The van der Waals surface area contributed by atoms with Gasteiger partial charge in [0.1, 0.15) is 17.6 Å². The van der Waals surface area contributed by atoms with Crippen molar-refractivity contribution in [2.45, 2.75) is 19.0 Å². The third-order valence-electron chi connectivity index (χ3n) is 4.73. The van der Waals surface area contributed by atoms with E-state index in [0.29, 0.717) is 22.1 Å². The molecular weight excluding hydrogens is 392 g/mol. The Morgan fingerprint density at radius 2 is 2.00 bits per heavy atom. The molecule has 1 aliphatic heterocycles. The van der Waals surface area contributed by atoms with E-state index in [0.717, 1.165) is 4.90 Å². The van der Waals surface area contributed by atoms with Gasteiger partial charge in [-0.05, 0) is 47.8 Å². The maximum atomic E-state index is 13.2. The van der Waals surface area contributed by atoms with Crippen LogP contribution in [-0.2, 0) is 16.1 Å². The van der Waals surface area contributed by atoms with Gasteiger partial charge in [0.25, 0.3) is 11.8 Å². The van der Waals surface area contributed by atoms with Crippen molar-refractivity contribution >= 4 is 34.7 Å². The quantitative estimate of drug-likeness (QED) is 0.583. The van der Waals surface area contributed by atoms with Gasteiger partial charge in [0.05, 0.1) is 36.9 Å². The van der Waals surface area contributed by atoms with E-state index < -0.39 is 11.9 Å². The van der Waals surface area contributed by atoms with Crippen LogP contribution in [0.15, 0.2) is 64.6 Å². The third kappa shape index (κ3) is 3.66. The van der Waals surface area contributed by atoms with Gasteiger partial charge in [0.2, 0.25) is 5.91 Å². The van der Waals surface area contributed by atoms with E-state index in [4.69, 9.17) is 9.15 Å². The summed E-state index contributed by atoms with van der Waals surface area (Å²) in [6.07, 6.45) is 1.43. The number of benzene rings is 1. The lowest BCUT2D eigenvalue weighted by Crippen LogP contribution is -2.44. The molecule has 4 rings (SSSR count). The Balaban J connectivity index is 1.64. The third-order valence-corrected chi connectivity index (χ3v) is 5.59. The van der Waals surface area contributed by atoms with Crippen molar-refractivity contribution in [2.24, 2.45) is 0 Å². The van der Waals surface area contributed by atoms with Crippen LogP contribution in [0.4, 0.5) is 5.69 Å². The van der Waals surface area contributed by atoms with Crippen molar-refractivity contribution < 1.29 is 23.5 Å². The van der Waals surface area contributed by atoms with Crippen molar-refractivity contribution in [2.75, 3.05) is 12.0 Å². The fourth-order valence-corrected chi connectivity index (χ4v) is 3.98. The van der Waals surface area contributed by atoms with Crippen LogP contribution in [0.2, 0.25) is 0 Å². The summed E-state index contributed by atoms with van der Waals surface area (Å²) in [7, 11) is 1.54. The second kappa shape index (κ2) is 7.92. The molecular formula is C21H18N2O5S. The molecule has 0 bridgehead atoms. The number of ether oxygens (including phenoxy) is 1. The first kappa shape index (κ1) is 18.9. The highest BCUT2D eigenvalue weighted by atomic mass is 32.1. The van der Waals surface area contributed by atoms with Crippen molar-refractivity contribution in [3.8, 4) is 5.75 Å². The molecule has 3 amide bonds. The lowest BCUT2D eigenvalue weighted by Gasteiger charge is -2.26. The average Bonchev–Trinajstić information content (AvgIpc) is 3.48. The Bertz CT molecular complexity index is 1010. The molecule has 29 heavy (non-hydrogen) atoms. The highest BCUT2D eigenvalue weighted by molar-refractivity contribution is 7.12. The van der Waals surface area contributed by atoms with E-state index in [-0.39, 0.29) is 24.8 Å². The molecule has 148 valence electrons. The highest BCUT2D eigenvalue weighted by Gasteiger charge is 2.44. The minimum atomic E-state index is -0.899. The van der Waals surface area contributed by atoms with Crippen LogP contribution >= 0.6 is 11.3 Å². The first-order chi connectivity index (χ1) is 14.1. The molecule has 1 aliphatic rings. The molecule has 2 aromatic heterocycles. The predicted molar refractivity (Wildman–Crippen MR) is 107 cm³/mol. The fourth-order valence-electron chi connectivity index (χ4n) is 3.30. The minimum absolute atomic E-state index is 0.0807. The fraction of sp³-hybridized carbons (Fsp3) is 0.190. The molecule has 3 heterocycles. The number of thiophene rings is 1. The van der Waals surface area contributed by atoms with Gasteiger partial charge >= 0.3 is 0 Å². The Labute approximate surface area is 171 Å². The van der Waals surface area contributed by atoms with Crippen LogP contribution < -0.4 is 9.64 Å². The van der Waals surface area contributed by atoms with E-state index in [9.17, 15) is 14.4 Å². The van der Waals surface area contributed by atoms with Crippen molar-refractivity contribution in [1.82, 2.24) is 4.90 Å². The molecule has 1 atom stereocenters. The van der Waals surface area contributed by atoms with E-state index in [1.807, 2.05) is 0 Å². The van der Waals surface area contributed by atoms with Crippen molar-refractivity contribution in [3.05, 3.63) is 70.8 Å². The van der Waals surface area contributed by atoms with Gasteiger partial charge < -0.3 is 14.1 Å². The monoisotopic (exact) mass is 410 g/mol. The Hall–Kier alpha value is -3.39. The smallest absolute Gasteiger partial charge is 0.265 e. The Morgan fingerprint density at radius 3 is 2.62 bits per heavy atom. The zero-order chi connectivity index (χ0) is 20.4. The number of carbonyl (C=O) groups excluding carboxylic acids is 3. The van der Waals surface area contributed by atoms with Crippen molar-refractivity contribution in [3.63, 3.8) is 0 Å². The van der Waals surface area contributed by atoms with Crippen LogP contribution in [0.25, 0.3) is 0 Å². The van der Waals surface area contributed by atoms with Gasteiger partial charge in [0.15, 0.2) is 0 Å². The summed E-state index contributed by atoms with van der Waals surface area (Å²) in [5.41, 5.74) is 0.449. The molecule has 0 spiro atoms. The SMILES string of the molecule is COc1ccc(N2C(=O)CC(N(Cc3ccco3)C(=O)c3cccs3)C2=O)cc1. The Morgan fingerprint density at radius 1 is 1.21 bits per heavy atom. The average molecular weight is 410 g/mol. The number of carbonyl (C=O) groups is 3. The number of nitrogens with zero attached hydrogens (tertiary/aromatic N) is 2. The highest BCUT2D eigenvalue weighted by Crippen LogP contribution is 2.29. The molecule has 0 saturated carbocycles. The molecule has 7 nitrogen and oxygen atoms in total. The van der Waals surface area contributed by atoms with Crippen LogP contribution in [0.5, 0.6) is 5.75 Å². The molecule has 0 radical (unpaired) electrons. The van der Waals surface area contributed by atoms with E-state index in [1.165, 1.54) is 22.5 Å². The Kier molecular flexibility index (Phi) is 5.18. The summed E-state index contributed by atoms with van der Waals surface area (Å²) in [5.74, 6) is 0.0686. The lowest BCUT2D eigenvalue weighted by molar-refractivity contribution is -0.122. The number of furan rings is 1. The summed E-state index contributed by atoms with van der Waals surface area (Å²) < 4.78 is 10.5. The maximum absolute atomic E-state index is 13.2. The second-order valence-electron chi connectivity index (χ2n) is 6.48. The summed E-state index contributed by atoms with van der Waals surface area (Å²) in [6.45, 7) is 0.101. The van der Waals surface area contributed by atoms with Gasteiger partial charge in [-0.25, -0.2) is 4.90 Å². The normalized spacial score (nSPS) is 16.3. The van der Waals surface area contributed by atoms with Crippen LogP contribution in [0.3, 0.4) is 0 Å². The zero-order valence-electron chi connectivity index (χ0n) is 15.6. The van der Waals surface area contributed by atoms with Crippen LogP contribution in [0.1, 0.15) is 21.9 Å². The number of hydrogen-bond donors (Lipinski definition) is 0. The molecule has 0 N–H and O–H groups in total. The summed E-state index contributed by atoms with van der Waals surface area (Å²) in [5, 5.41) is 1.80. The van der Waals surface area contributed by atoms with Gasteiger partial charge in [0, 0.05) is 0 Å². The lowest BCUT2D eigenvalue weighted by atomic mass is 10.2. The zero-order valence-corrected chi connectivity index (χ0v) is 16.4. The summed E-state index contributed by atoms with van der Waals surface area (Å²) in [4.78, 5) is 42.0. The van der Waals surface area contributed by atoms with Crippen molar-refractivity contribution in [1.29, 1.82) is 0 Å². The molecule has 3 aromatic rings. The summed E-state index contributed by atoms with van der Waals surface area (Å²) in [6, 6.07) is 12.7. The first-order valence-corrected chi connectivity index (χ1v) is 9.84. The van der Waals surface area contributed by atoms with Gasteiger partial charge in [-0.2, -0.15) is 0 Å². The summed E-state index contributed by atoms with van der Waals surface area (Å²) >= 11 is 1.29. The second-order valence-corrected chi connectivity index (χ2v) is 7.42. The predicted octanol–water partition coefficient (Wildman–Crippen LogP) is 3.32. The molecule has 1 aromatic carbocycles. The van der Waals surface area contributed by atoms with Gasteiger partial charge in [-0.15, -0.1) is 11.3 Å². The van der Waals surface area contributed by atoms with Gasteiger partial charge in [-0.1, -0.05) is 6.07 Å². The molecule has 1 unspecified atom stereocenters. The molecule has 0 aliphatic carbocycles. The minimum Gasteiger partial charge on any atom is -0.497 e. The van der Waals surface area contributed by atoms with Crippen LogP contribution in [0, 0.1) is 0 Å².